The fourth-order valence-corrected chi connectivity index (χ4v) is 0.839. The summed E-state index contributed by atoms with van der Waals surface area (Å²) < 4.78 is 48.2. The molecule has 0 rings (SSSR count). The Labute approximate surface area is 83.6 Å². The molecule has 0 radical (unpaired) electrons. The van der Waals surface area contributed by atoms with E-state index in [-0.39, 0.29) is 0 Å². The lowest BCUT2D eigenvalue weighted by molar-refractivity contribution is -0.150. The van der Waals surface area contributed by atoms with Crippen LogP contribution in [-0.2, 0) is 0 Å². The molecule has 0 atom stereocenters. The van der Waals surface area contributed by atoms with Gasteiger partial charge in [0.15, 0.2) is 0 Å². The van der Waals surface area contributed by atoms with Crippen LogP contribution in [0.1, 0.15) is 0 Å². The molecule has 0 aromatic carbocycles. The van der Waals surface area contributed by atoms with Crippen molar-refractivity contribution >= 4 is 31.9 Å². The van der Waals surface area contributed by atoms with E-state index in [1.165, 1.54) is 0 Å². The molecule has 0 bridgehead atoms. The van der Waals surface area contributed by atoms with E-state index in [0.717, 1.165) is 0 Å². The minimum Gasteiger partial charge on any atom is -0.193 e. The molecule has 0 aromatic heterocycles. The van der Waals surface area contributed by atoms with E-state index in [4.69, 9.17) is 0 Å². The first-order chi connectivity index (χ1) is 5.14. The quantitative estimate of drug-likeness (QED) is 0.689. The third-order valence-electron chi connectivity index (χ3n) is 1.08. The molecule has 6 heteroatoms. The highest BCUT2D eigenvalue weighted by molar-refractivity contribution is 9.12. The fraction of sp³-hybridized carbons (Fsp3) is 0.333. The molecule has 0 saturated carbocycles. The van der Waals surface area contributed by atoms with E-state index in [9.17, 15) is 17.6 Å². The molecule has 0 spiro atoms. The van der Waals surface area contributed by atoms with Gasteiger partial charge in [0.1, 0.15) is 0 Å². The van der Waals surface area contributed by atoms with Crippen molar-refractivity contribution in [1.82, 2.24) is 0 Å². The molecule has 0 aliphatic heterocycles. The van der Waals surface area contributed by atoms with Gasteiger partial charge in [0.05, 0.1) is 8.96 Å². The van der Waals surface area contributed by atoms with Gasteiger partial charge in [0.2, 0.25) is 0 Å². The molecule has 0 aromatic rings. The van der Waals surface area contributed by atoms with Gasteiger partial charge in [-0.3, -0.25) is 0 Å². The topological polar surface area (TPSA) is 0 Å². The van der Waals surface area contributed by atoms with Gasteiger partial charge in [-0.2, -0.15) is 17.6 Å². The van der Waals surface area contributed by atoms with Crippen molar-refractivity contribution in [3.05, 3.63) is 22.1 Å². The summed E-state index contributed by atoms with van der Waals surface area (Å²) in [5, 5.41) is 0. The van der Waals surface area contributed by atoms with Crippen molar-refractivity contribution in [2.24, 2.45) is 0 Å². The second-order valence-electron chi connectivity index (χ2n) is 1.96. The molecule has 0 nitrogen and oxygen atoms in total. The molecule has 0 aliphatic rings. The van der Waals surface area contributed by atoms with E-state index in [0.29, 0.717) is 0 Å². The van der Waals surface area contributed by atoms with Gasteiger partial charge in [-0.25, -0.2) is 0 Å². The van der Waals surface area contributed by atoms with Crippen molar-refractivity contribution in [1.29, 1.82) is 0 Å². The first-order valence-electron chi connectivity index (χ1n) is 2.59. The predicted octanol–water partition coefficient (Wildman–Crippen LogP) is 4.07. The van der Waals surface area contributed by atoms with Crippen LogP contribution in [0.2, 0.25) is 0 Å². The second kappa shape index (κ2) is 3.49. The smallest absolute Gasteiger partial charge is 0.193 e. The zero-order valence-electron chi connectivity index (χ0n) is 5.68. The number of halogens is 6. The molecule has 0 aliphatic carbocycles. The van der Waals surface area contributed by atoms with Crippen LogP contribution in [0.5, 0.6) is 0 Å². The zero-order valence-corrected chi connectivity index (χ0v) is 8.85. The maximum absolute atomic E-state index is 12.6. The first-order valence-corrected chi connectivity index (χ1v) is 4.18. The van der Waals surface area contributed by atoms with E-state index in [1.807, 2.05) is 0 Å². The minimum atomic E-state index is -4.34. The van der Waals surface area contributed by atoms with Crippen LogP contribution in [0, 0.1) is 0 Å². The molecule has 12 heavy (non-hydrogen) atoms. The monoisotopic (exact) mass is 310 g/mol. The zero-order chi connectivity index (χ0) is 10.2. The van der Waals surface area contributed by atoms with Gasteiger partial charge in [-0.1, -0.05) is 13.2 Å². The lowest BCUT2D eigenvalue weighted by Crippen LogP contribution is -2.40. The largest absolute Gasteiger partial charge is 0.345 e. The van der Waals surface area contributed by atoms with Crippen molar-refractivity contribution in [3.8, 4) is 0 Å². The van der Waals surface area contributed by atoms with Gasteiger partial charge in [0.25, 0.3) is 0 Å². The van der Waals surface area contributed by atoms with Crippen molar-refractivity contribution < 1.29 is 17.6 Å². The highest BCUT2D eigenvalue weighted by atomic mass is 79.9. The molecule has 0 amide bonds. The molecular formula is C6H4Br2F4. The third-order valence-corrected chi connectivity index (χ3v) is 2.07. The van der Waals surface area contributed by atoms with Crippen LogP contribution in [0.15, 0.2) is 22.1 Å². The Balaban J connectivity index is 5.01. The Morgan fingerprint density at radius 2 is 1.00 bits per heavy atom. The lowest BCUT2D eigenvalue weighted by Gasteiger charge is -2.24. The van der Waals surface area contributed by atoms with Gasteiger partial charge >= 0.3 is 11.8 Å². The van der Waals surface area contributed by atoms with Crippen LogP contribution in [0.4, 0.5) is 17.6 Å². The highest BCUT2D eigenvalue weighted by Gasteiger charge is 2.58. The number of alkyl halides is 4. The summed E-state index contributed by atoms with van der Waals surface area (Å²) in [6, 6.07) is 0. The third kappa shape index (κ3) is 1.90. The van der Waals surface area contributed by atoms with E-state index in [1.54, 1.807) is 0 Å². The summed E-state index contributed by atoms with van der Waals surface area (Å²) in [5.74, 6) is -8.68. The summed E-state index contributed by atoms with van der Waals surface area (Å²) in [6.45, 7) is 5.40. The molecular weight excluding hydrogens is 308 g/mol. The average molecular weight is 312 g/mol. The fourth-order valence-electron chi connectivity index (χ4n) is 0.341. The molecule has 0 unspecified atom stereocenters. The maximum Gasteiger partial charge on any atom is 0.345 e. The van der Waals surface area contributed by atoms with E-state index in [2.05, 4.69) is 45.0 Å². The number of hydrogen-bond acceptors (Lipinski definition) is 0. The molecule has 0 N–H and O–H groups in total. The number of rotatable bonds is 3. The Morgan fingerprint density at radius 3 is 1.08 bits per heavy atom. The van der Waals surface area contributed by atoms with Crippen LogP contribution >= 0.6 is 31.9 Å². The summed E-state index contributed by atoms with van der Waals surface area (Å²) in [7, 11) is 0. The summed E-state index contributed by atoms with van der Waals surface area (Å²) in [5.41, 5.74) is 0. The SMILES string of the molecule is C=C(Br)C(F)(F)C(F)(F)C(=C)Br. The second-order valence-corrected chi connectivity index (χ2v) is 3.87. The van der Waals surface area contributed by atoms with E-state index < -0.39 is 20.8 Å². The summed E-state index contributed by atoms with van der Waals surface area (Å²) in [6.07, 6.45) is 0. The minimum absolute atomic E-state index is 1.08. The lowest BCUT2D eigenvalue weighted by atomic mass is 10.2. The van der Waals surface area contributed by atoms with Crippen LogP contribution in [0.3, 0.4) is 0 Å². The number of allylic oxidation sites excluding steroid dienone is 2. The first kappa shape index (κ1) is 12.2. The Kier molecular flexibility index (Phi) is 3.54. The van der Waals surface area contributed by atoms with E-state index >= 15 is 0 Å². The molecule has 0 heterocycles. The van der Waals surface area contributed by atoms with Gasteiger partial charge in [-0.15, -0.1) is 0 Å². The van der Waals surface area contributed by atoms with Crippen molar-refractivity contribution in [3.63, 3.8) is 0 Å². The van der Waals surface area contributed by atoms with Gasteiger partial charge in [0, 0.05) is 0 Å². The maximum atomic E-state index is 12.6. The van der Waals surface area contributed by atoms with Crippen LogP contribution in [-0.4, -0.2) is 11.8 Å². The standard InChI is InChI=1S/C6H4Br2F4/c1-3(7)5(9,10)6(11,12)4(2)8/h1-2H2. The van der Waals surface area contributed by atoms with Crippen LogP contribution in [0.25, 0.3) is 0 Å². The van der Waals surface area contributed by atoms with Gasteiger partial charge in [-0.05, 0) is 31.9 Å². The average Bonchev–Trinajstić information content (AvgIpc) is 1.86. The Hall–Kier alpha value is 0.160. The van der Waals surface area contributed by atoms with Crippen LogP contribution < -0.4 is 0 Å². The van der Waals surface area contributed by atoms with Crippen molar-refractivity contribution in [2.75, 3.05) is 0 Å². The molecule has 0 fully saturated rings. The van der Waals surface area contributed by atoms with Crippen molar-refractivity contribution in [2.45, 2.75) is 11.8 Å². The van der Waals surface area contributed by atoms with Gasteiger partial charge < -0.3 is 0 Å². The molecule has 70 valence electrons. The normalized spacial score (nSPS) is 12.8. The molecule has 0 saturated heterocycles. The number of hydrogen-bond donors (Lipinski definition) is 0. The Morgan fingerprint density at radius 1 is 0.833 bits per heavy atom. The summed E-state index contributed by atoms with van der Waals surface area (Å²) in [4.78, 5) is 0. The summed E-state index contributed by atoms with van der Waals surface area (Å²) >= 11 is 4.43. The Bertz CT molecular complexity index is 198. The predicted molar refractivity (Wildman–Crippen MR) is 46.0 cm³/mol. The highest BCUT2D eigenvalue weighted by Crippen LogP contribution is 2.46.